The quantitative estimate of drug-likeness (QED) is 0.665. The normalized spacial score (nSPS) is 10.4. The molecule has 110 valence electrons. The van der Waals surface area contributed by atoms with Gasteiger partial charge >= 0.3 is 11.7 Å². The van der Waals surface area contributed by atoms with E-state index in [0.29, 0.717) is 6.54 Å². The standard InChI is InChI=1S/C12H12N4O4S/c1-7-14-9(6-21-7)5-15(2)11-10(16(19)20)3-8(4-13-11)12(17)18/h3-4,6H,5H2,1-2H3,(H,17,18). The van der Waals surface area contributed by atoms with Crippen molar-refractivity contribution in [3.05, 3.63) is 44.0 Å². The van der Waals surface area contributed by atoms with Gasteiger partial charge in [-0.1, -0.05) is 0 Å². The minimum Gasteiger partial charge on any atom is -0.478 e. The molecule has 8 nitrogen and oxygen atoms in total. The van der Waals surface area contributed by atoms with Gasteiger partial charge in [-0.05, 0) is 6.92 Å². The number of nitrogens with zero attached hydrogens (tertiary/aromatic N) is 4. The number of thiazole rings is 1. The summed E-state index contributed by atoms with van der Waals surface area (Å²) in [5.74, 6) is -1.15. The van der Waals surface area contributed by atoms with Crippen LogP contribution < -0.4 is 4.90 Å². The first kappa shape index (κ1) is 14.9. The highest BCUT2D eigenvalue weighted by molar-refractivity contribution is 7.09. The molecule has 0 unspecified atom stereocenters. The Labute approximate surface area is 123 Å². The smallest absolute Gasteiger partial charge is 0.337 e. The number of hydrogen-bond acceptors (Lipinski definition) is 7. The average molecular weight is 308 g/mol. The van der Waals surface area contributed by atoms with E-state index in [0.717, 1.165) is 23.0 Å². The predicted molar refractivity (Wildman–Crippen MR) is 76.8 cm³/mol. The molecular formula is C12H12N4O4S. The molecule has 0 aliphatic rings. The third-order valence-electron chi connectivity index (χ3n) is 2.72. The first-order valence-corrected chi connectivity index (χ1v) is 6.76. The van der Waals surface area contributed by atoms with E-state index < -0.39 is 10.9 Å². The minimum absolute atomic E-state index is 0.107. The maximum atomic E-state index is 11.1. The zero-order valence-electron chi connectivity index (χ0n) is 11.3. The van der Waals surface area contributed by atoms with Crippen LogP contribution in [0.25, 0.3) is 0 Å². The number of aryl methyl sites for hydroxylation is 1. The van der Waals surface area contributed by atoms with Crippen molar-refractivity contribution >= 4 is 28.8 Å². The van der Waals surface area contributed by atoms with E-state index in [1.165, 1.54) is 11.3 Å². The van der Waals surface area contributed by atoms with E-state index in [1.807, 2.05) is 12.3 Å². The number of pyridine rings is 1. The van der Waals surface area contributed by atoms with Gasteiger partial charge in [0.2, 0.25) is 5.82 Å². The summed E-state index contributed by atoms with van der Waals surface area (Å²) in [6.07, 6.45) is 1.10. The maximum absolute atomic E-state index is 11.1. The fraction of sp³-hybridized carbons (Fsp3) is 0.250. The van der Waals surface area contributed by atoms with Crippen LogP contribution in [0.5, 0.6) is 0 Å². The Morgan fingerprint density at radius 2 is 2.29 bits per heavy atom. The van der Waals surface area contributed by atoms with Crippen LogP contribution in [0.3, 0.4) is 0 Å². The number of nitro groups is 1. The van der Waals surface area contributed by atoms with Crippen LogP contribution in [0, 0.1) is 17.0 Å². The number of carboxylic acid groups (broad SMARTS) is 1. The molecular weight excluding hydrogens is 296 g/mol. The lowest BCUT2D eigenvalue weighted by Crippen LogP contribution is -2.19. The maximum Gasteiger partial charge on any atom is 0.337 e. The summed E-state index contributed by atoms with van der Waals surface area (Å²) in [6.45, 7) is 2.22. The molecule has 0 atom stereocenters. The Morgan fingerprint density at radius 3 is 2.81 bits per heavy atom. The van der Waals surface area contributed by atoms with E-state index in [4.69, 9.17) is 5.11 Å². The van der Waals surface area contributed by atoms with Gasteiger partial charge < -0.3 is 10.0 Å². The summed E-state index contributed by atoms with van der Waals surface area (Å²) in [4.78, 5) is 31.1. The zero-order valence-corrected chi connectivity index (χ0v) is 12.1. The molecule has 0 aromatic carbocycles. The van der Waals surface area contributed by atoms with Gasteiger partial charge in [0.05, 0.1) is 27.7 Å². The highest BCUT2D eigenvalue weighted by Crippen LogP contribution is 2.27. The van der Waals surface area contributed by atoms with Crippen LogP contribution in [-0.2, 0) is 6.54 Å². The molecule has 1 N–H and O–H groups in total. The van der Waals surface area contributed by atoms with E-state index in [9.17, 15) is 14.9 Å². The zero-order chi connectivity index (χ0) is 15.6. The van der Waals surface area contributed by atoms with E-state index in [2.05, 4.69) is 9.97 Å². The van der Waals surface area contributed by atoms with E-state index in [1.54, 1.807) is 11.9 Å². The molecule has 2 aromatic heterocycles. The Bertz CT molecular complexity index is 700. The molecule has 0 radical (unpaired) electrons. The van der Waals surface area contributed by atoms with Crippen LogP contribution in [0.4, 0.5) is 11.5 Å². The van der Waals surface area contributed by atoms with Crippen molar-refractivity contribution in [1.29, 1.82) is 0 Å². The van der Waals surface area contributed by atoms with Gasteiger partial charge in [0.15, 0.2) is 0 Å². The SMILES string of the molecule is Cc1nc(CN(C)c2ncc(C(=O)O)cc2[N+](=O)[O-])cs1. The molecule has 0 bridgehead atoms. The van der Waals surface area contributed by atoms with Crippen molar-refractivity contribution in [2.24, 2.45) is 0 Å². The fourth-order valence-electron chi connectivity index (χ4n) is 1.79. The highest BCUT2D eigenvalue weighted by atomic mass is 32.1. The molecule has 0 fully saturated rings. The molecule has 0 amide bonds. The second-order valence-corrected chi connectivity index (χ2v) is 5.41. The van der Waals surface area contributed by atoms with E-state index >= 15 is 0 Å². The van der Waals surface area contributed by atoms with Gasteiger partial charge in [-0.25, -0.2) is 14.8 Å². The number of anilines is 1. The third-order valence-corrected chi connectivity index (χ3v) is 3.54. The molecule has 9 heteroatoms. The summed E-state index contributed by atoms with van der Waals surface area (Å²) < 4.78 is 0. The molecule has 0 aliphatic heterocycles. The summed E-state index contributed by atoms with van der Waals surface area (Å²) in [5.41, 5.74) is 0.214. The number of carboxylic acids is 1. The van der Waals surface area contributed by atoms with Crippen LogP contribution >= 0.6 is 11.3 Å². The molecule has 0 aliphatic carbocycles. The Morgan fingerprint density at radius 1 is 1.57 bits per heavy atom. The molecule has 0 saturated carbocycles. The topological polar surface area (TPSA) is 109 Å². The van der Waals surface area contributed by atoms with Crippen molar-refractivity contribution < 1.29 is 14.8 Å². The molecule has 0 saturated heterocycles. The average Bonchev–Trinajstić information content (AvgIpc) is 2.83. The van der Waals surface area contributed by atoms with Gasteiger partial charge in [0.25, 0.3) is 0 Å². The summed E-state index contributed by atoms with van der Waals surface area (Å²) in [6, 6.07) is 1.01. The number of aromatic nitrogens is 2. The Balaban J connectivity index is 2.33. The lowest BCUT2D eigenvalue weighted by Gasteiger charge is -2.16. The molecule has 2 rings (SSSR count). The fourth-order valence-corrected chi connectivity index (χ4v) is 2.39. The van der Waals surface area contributed by atoms with Crippen LogP contribution in [-0.4, -0.2) is 33.0 Å². The first-order chi connectivity index (χ1) is 9.88. The van der Waals surface area contributed by atoms with Crippen molar-refractivity contribution in [2.75, 3.05) is 11.9 Å². The second-order valence-electron chi connectivity index (χ2n) is 4.34. The lowest BCUT2D eigenvalue weighted by molar-refractivity contribution is -0.384. The van der Waals surface area contributed by atoms with Crippen molar-refractivity contribution in [2.45, 2.75) is 13.5 Å². The van der Waals surface area contributed by atoms with Gasteiger partial charge in [0, 0.05) is 24.7 Å². The summed E-state index contributed by atoms with van der Waals surface area (Å²) in [5, 5.41) is 22.7. The molecule has 21 heavy (non-hydrogen) atoms. The lowest BCUT2D eigenvalue weighted by atomic mass is 10.2. The number of rotatable bonds is 5. The molecule has 0 spiro atoms. The predicted octanol–water partition coefficient (Wildman–Crippen LogP) is 2.09. The summed E-state index contributed by atoms with van der Waals surface area (Å²) >= 11 is 1.49. The molecule has 2 aromatic rings. The van der Waals surface area contributed by atoms with Crippen LogP contribution in [0.1, 0.15) is 21.1 Å². The minimum atomic E-state index is -1.25. The van der Waals surface area contributed by atoms with Gasteiger partial charge in [-0.3, -0.25) is 10.1 Å². The highest BCUT2D eigenvalue weighted by Gasteiger charge is 2.22. The van der Waals surface area contributed by atoms with Crippen LogP contribution in [0.2, 0.25) is 0 Å². The van der Waals surface area contributed by atoms with Crippen molar-refractivity contribution in [3.8, 4) is 0 Å². The number of hydrogen-bond donors (Lipinski definition) is 1. The van der Waals surface area contributed by atoms with Crippen molar-refractivity contribution in [3.63, 3.8) is 0 Å². The largest absolute Gasteiger partial charge is 0.478 e. The Kier molecular flexibility index (Phi) is 4.13. The number of aromatic carboxylic acids is 1. The Hall–Kier alpha value is -2.55. The van der Waals surface area contributed by atoms with Crippen molar-refractivity contribution in [1.82, 2.24) is 9.97 Å². The summed E-state index contributed by atoms with van der Waals surface area (Å²) in [7, 11) is 1.64. The third kappa shape index (κ3) is 3.31. The van der Waals surface area contributed by atoms with Crippen LogP contribution in [0.15, 0.2) is 17.6 Å². The van der Waals surface area contributed by atoms with E-state index in [-0.39, 0.29) is 17.1 Å². The van der Waals surface area contributed by atoms with Gasteiger partial charge in [-0.2, -0.15) is 0 Å². The first-order valence-electron chi connectivity index (χ1n) is 5.88. The number of carbonyl (C=O) groups is 1. The second kappa shape index (κ2) is 5.83. The van der Waals surface area contributed by atoms with Gasteiger partial charge in [0.1, 0.15) is 0 Å². The van der Waals surface area contributed by atoms with Gasteiger partial charge in [-0.15, -0.1) is 11.3 Å². The molecule has 2 heterocycles. The monoisotopic (exact) mass is 308 g/mol.